The van der Waals surface area contributed by atoms with Crippen molar-refractivity contribution in [1.29, 1.82) is 0 Å². The first-order valence-corrected chi connectivity index (χ1v) is 5.74. The molecule has 0 radical (unpaired) electrons. The second-order valence-electron chi connectivity index (χ2n) is 4.32. The first kappa shape index (κ1) is 13.0. The predicted octanol–water partition coefficient (Wildman–Crippen LogP) is 3.12. The monoisotopic (exact) mass is 260 g/mol. The molecule has 0 bridgehead atoms. The van der Waals surface area contributed by atoms with Crippen LogP contribution in [-0.2, 0) is 4.74 Å². The lowest BCUT2D eigenvalue weighted by Crippen LogP contribution is -2.14. The Kier molecular flexibility index (Phi) is 3.65. The molecule has 1 aliphatic heterocycles. The number of hydrogen-bond donors (Lipinski definition) is 1. The normalized spacial score (nSPS) is 17.3. The number of carboxylic acids is 1. The van der Waals surface area contributed by atoms with Gasteiger partial charge in [-0.15, -0.1) is 0 Å². The number of aromatic carboxylic acids is 1. The highest BCUT2D eigenvalue weighted by atomic mass is 19.3. The Morgan fingerprint density at radius 1 is 1.39 bits per heavy atom. The van der Waals surface area contributed by atoms with E-state index in [2.05, 4.69) is 0 Å². The van der Waals surface area contributed by atoms with E-state index < -0.39 is 23.7 Å². The molecule has 2 heterocycles. The number of ether oxygens (including phenoxy) is 1. The molecule has 0 aromatic carbocycles. The van der Waals surface area contributed by atoms with Crippen LogP contribution in [0.25, 0.3) is 0 Å². The third-order valence-corrected chi connectivity index (χ3v) is 3.22. The van der Waals surface area contributed by atoms with Gasteiger partial charge >= 0.3 is 5.97 Å². The molecular formula is C12H14F2O4. The summed E-state index contributed by atoms with van der Waals surface area (Å²) in [6.45, 7) is 2.60. The fourth-order valence-electron chi connectivity index (χ4n) is 2.32. The lowest BCUT2D eigenvalue weighted by molar-refractivity contribution is 0.0666. The number of carboxylic acid groups (broad SMARTS) is 1. The largest absolute Gasteiger partial charge is 0.478 e. The molecule has 0 amide bonds. The molecule has 4 nitrogen and oxygen atoms in total. The third kappa shape index (κ3) is 2.25. The third-order valence-electron chi connectivity index (χ3n) is 3.22. The van der Waals surface area contributed by atoms with Gasteiger partial charge in [-0.1, -0.05) is 0 Å². The fourth-order valence-corrected chi connectivity index (χ4v) is 2.32. The van der Waals surface area contributed by atoms with Gasteiger partial charge in [-0.3, -0.25) is 0 Å². The molecule has 1 aromatic rings. The summed E-state index contributed by atoms with van der Waals surface area (Å²) in [5.41, 5.74) is -0.0869. The number of rotatable bonds is 3. The van der Waals surface area contributed by atoms with E-state index in [0.717, 1.165) is 0 Å². The number of furan rings is 1. The number of carbonyl (C=O) groups is 1. The van der Waals surface area contributed by atoms with Crippen LogP contribution in [0, 0.1) is 6.92 Å². The van der Waals surface area contributed by atoms with Gasteiger partial charge in [0.15, 0.2) is 5.76 Å². The van der Waals surface area contributed by atoms with Gasteiger partial charge in [0, 0.05) is 24.7 Å². The van der Waals surface area contributed by atoms with E-state index in [0.29, 0.717) is 37.4 Å². The smallest absolute Gasteiger partial charge is 0.339 e. The lowest BCUT2D eigenvalue weighted by atomic mass is 9.94. The molecule has 1 fully saturated rings. The summed E-state index contributed by atoms with van der Waals surface area (Å²) in [6.07, 6.45) is -1.59. The van der Waals surface area contributed by atoms with E-state index in [9.17, 15) is 13.6 Å². The van der Waals surface area contributed by atoms with Gasteiger partial charge < -0.3 is 14.3 Å². The van der Waals surface area contributed by atoms with Crippen molar-refractivity contribution in [2.24, 2.45) is 0 Å². The zero-order valence-electron chi connectivity index (χ0n) is 9.91. The fraction of sp³-hybridized carbons (Fsp3) is 0.583. The summed E-state index contributed by atoms with van der Waals surface area (Å²) in [5, 5.41) is 8.99. The average molecular weight is 260 g/mol. The Hall–Kier alpha value is -1.43. The van der Waals surface area contributed by atoms with Crippen LogP contribution in [0.4, 0.5) is 8.78 Å². The number of halogens is 2. The Morgan fingerprint density at radius 2 is 2.00 bits per heavy atom. The summed E-state index contributed by atoms with van der Waals surface area (Å²) in [7, 11) is 0. The summed E-state index contributed by atoms with van der Waals surface area (Å²) in [6, 6.07) is 0. The summed E-state index contributed by atoms with van der Waals surface area (Å²) < 4.78 is 35.8. The van der Waals surface area contributed by atoms with Crippen molar-refractivity contribution < 1.29 is 27.8 Å². The molecule has 0 spiro atoms. The molecule has 2 rings (SSSR count). The van der Waals surface area contributed by atoms with Crippen molar-refractivity contribution in [3.05, 3.63) is 22.6 Å². The van der Waals surface area contributed by atoms with Crippen LogP contribution in [0.5, 0.6) is 0 Å². The van der Waals surface area contributed by atoms with Crippen LogP contribution in [0.3, 0.4) is 0 Å². The van der Waals surface area contributed by atoms with E-state index in [1.54, 1.807) is 0 Å². The van der Waals surface area contributed by atoms with Crippen molar-refractivity contribution in [2.75, 3.05) is 13.2 Å². The minimum atomic E-state index is -2.91. The Bertz CT molecular complexity index is 447. The molecule has 0 aliphatic carbocycles. The molecule has 1 aliphatic rings. The van der Waals surface area contributed by atoms with Crippen LogP contribution in [-0.4, -0.2) is 24.3 Å². The van der Waals surface area contributed by atoms with E-state index in [-0.39, 0.29) is 5.92 Å². The minimum Gasteiger partial charge on any atom is -0.478 e. The number of alkyl halides is 2. The minimum absolute atomic E-state index is 0.0376. The maximum Gasteiger partial charge on any atom is 0.339 e. The van der Waals surface area contributed by atoms with E-state index in [1.165, 1.54) is 6.92 Å². The zero-order valence-corrected chi connectivity index (χ0v) is 9.91. The quantitative estimate of drug-likeness (QED) is 0.907. The highest BCUT2D eigenvalue weighted by molar-refractivity contribution is 5.91. The lowest BCUT2D eigenvalue weighted by Gasteiger charge is -2.20. The molecular weight excluding hydrogens is 246 g/mol. The molecule has 6 heteroatoms. The number of hydrogen-bond acceptors (Lipinski definition) is 3. The molecule has 1 saturated heterocycles. The topological polar surface area (TPSA) is 59.7 Å². The SMILES string of the molecule is Cc1c(C2CCOCC2)oc(C(F)F)c1C(=O)O. The van der Waals surface area contributed by atoms with Gasteiger partial charge in [0.1, 0.15) is 11.3 Å². The van der Waals surface area contributed by atoms with Crippen LogP contribution < -0.4 is 0 Å². The van der Waals surface area contributed by atoms with E-state index >= 15 is 0 Å². The van der Waals surface area contributed by atoms with Crippen molar-refractivity contribution in [1.82, 2.24) is 0 Å². The molecule has 1 aromatic heterocycles. The second kappa shape index (κ2) is 5.06. The molecule has 0 unspecified atom stereocenters. The summed E-state index contributed by atoms with van der Waals surface area (Å²) in [4.78, 5) is 11.0. The van der Waals surface area contributed by atoms with Crippen LogP contribution in [0.1, 0.15) is 52.6 Å². The van der Waals surface area contributed by atoms with Gasteiger partial charge in [-0.05, 0) is 19.8 Å². The van der Waals surface area contributed by atoms with E-state index in [1.807, 2.05) is 0 Å². The van der Waals surface area contributed by atoms with Gasteiger partial charge in [0.05, 0.1) is 0 Å². The van der Waals surface area contributed by atoms with Crippen molar-refractivity contribution >= 4 is 5.97 Å². The van der Waals surface area contributed by atoms with Gasteiger partial charge in [0.25, 0.3) is 6.43 Å². The predicted molar refractivity (Wildman–Crippen MR) is 58.2 cm³/mol. The highest BCUT2D eigenvalue weighted by Crippen LogP contribution is 2.37. The molecule has 18 heavy (non-hydrogen) atoms. The van der Waals surface area contributed by atoms with Crippen molar-refractivity contribution in [3.8, 4) is 0 Å². The van der Waals surface area contributed by atoms with Gasteiger partial charge in [-0.2, -0.15) is 0 Å². The zero-order chi connectivity index (χ0) is 13.3. The first-order chi connectivity index (χ1) is 8.52. The Balaban J connectivity index is 2.42. The van der Waals surface area contributed by atoms with E-state index in [4.69, 9.17) is 14.3 Å². The maximum atomic E-state index is 12.8. The van der Waals surface area contributed by atoms with Crippen LogP contribution in [0.2, 0.25) is 0 Å². The van der Waals surface area contributed by atoms with Gasteiger partial charge in [0.2, 0.25) is 0 Å². The Labute approximate surface area is 103 Å². The van der Waals surface area contributed by atoms with Crippen LogP contribution >= 0.6 is 0 Å². The maximum absolute atomic E-state index is 12.8. The summed E-state index contributed by atoms with van der Waals surface area (Å²) in [5.74, 6) is -1.78. The first-order valence-electron chi connectivity index (χ1n) is 5.74. The second-order valence-corrected chi connectivity index (χ2v) is 4.32. The highest BCUT2D eigenvalue weighted by Gasteiger charge is 2.31. The average Bonchev–Trinajstić information content (AvgIpc) is 2.68. The molecule has 0 saturated carbocycles. The molecule has 0 atom stereocenters. The van der Waals surface area contributed by atoms with Gasteiger partial charge in [-0.25, -0.2) is 13.6 Å². The standard InChI is InChI=1S/C12H14F2O4/c1-6-8(12(15)16)10(11(13)14)18-9(6)7-2-4-17-5-3-7/h7,11H,2-5H2,1H3,(H,15,16). The summed E-state index contributed by atoms with van der Waals surface area (Å²) >= 11 is 0. The Morgan fingerprint density at radius 3 is 2.44 bits per heavy atom. The van der Waals surface area contributed by atoms with Crippen LogP contribution in [0.15, 0.2) is 4.42 Å². The van der Waals surface area contributed by atoms with Crippen molar-refractivity contribution in [2.45, 2.75) is 32.1 Å². The molecule has 1 N–H and O–H groups in total. The van der Waals surface area contributed by atoms with Crippen molar-refractivity contribution in [3.63, 3.8) is 0 Å². The molecule has 100 valence electrons.